The normalized spacial score (nSPS) is 11.2. The van der Waals surface area contributed by atoms with Gasteiger partial charge in [-0.25, -0.2) is 14.2 Å². The summed E-state index contributed by atoms with van der Waals surface area (Å²) in [5.41, 5.74) is -1.06. The summed E-state index contributed by atoms with van der Waals surface area (Å²) in [6, 6.07) is 4.69. The van der Waals surface area contributed by atoms with Gasteiger partial charge in [0.05, 0.1) is 11.8 Å². The first-order valence-corrected chi connectivity index (χ1v) is 5.60. The molecule has 0 atom stereocenters. The molecule has 0 spiro atoms. The SMILES string of the molecule is O=C(O)c1cc(F)cnc1Nc1ccc(C(F)(F)F)cc1. The highest BCUT2D eigenvalue weighted by Crippen LogP contribution is 2.30. The van der Waals surface area contributed by atoms with Crippen molar-refractivity contribution in [1.82, 2.24) is 4.98 Å². The van der Waals surface area contributed by atoms with Gasteiger partial charge in [-0.15, -0.1) is 0 Å². The smallest absolute Gasteiger partial charge is 0.416 e. The van der Waals surface area contributed by atoms with Crippen molar-refractivity contribution in [1.29, 1.82) is 0 Å². The number of halogens is 4. The molecule has 0 unspecified atom stereocenters. The second-order valence-corrected chi connectivity index (χ2v) is 4.05. The molecular weight excluding hydrogens is 292 g/mol. The van der Waals surface area contributed by atoms with Gasteiger partial charge in [-0.2, -0.15) is 13.2 Å². The van der Waals surface area contributed by atoms with Crippen molar-refractivity contribution in [2.24, 2.45) is 0 Å². The molecule has 1 heterocycles. The highest BCUT2D eigenvalue weighted by atomic mass is 19.4. The molecule has 0 radical (unpaired) electrons. The van der Waals surface area contributed by atoms with Gasteiger partial charge < -0.3 is 10.4 Å². The third-order valence-electron chi connectivity index (χ3n) is 2.56. The minimum atomic E-state index is -4.46. The summed E-state index contributed by atoms with van der Waals surface area (Å²) >= 11 is 0. The molecule has 0 fully saturated rings. The van der Waals surface area contributed by atoms with E-state index < -0.39 is 29.1 Å². The number of rotatable bonds is 3. The third-order valence-corrected chi connectivity index (χ3v) is 2.56. The number of anilines is 2. The van der Waals surface area contributed by atoms with Crippen molar-refractivity contribution in [3.63, 3.8) is 0 Å². The van der Waals surface area contributed by atoms with E-state index in [-0.39, 0.29) is 11.5 Å². The Morgan fingerprint density at radius 1 is 1.19 bits per heavy atom. The number of carboxylic acids is 1. The number of nitrogens with one attached hydrogen (secondary N) is 1. The fourth-order valence-electron chi connectivity index (χ4n) is 1.58. The molecule has 0 aliphatic heterocycles. The second-order valence-electron chi connectivity index (χ2n) is 4.05. The number of carbonyl (C=O) groups is 1. The Morgan fingerprint density at radius 2 is 1.81 bits per heavy atom. The van der Waals surface area contributed by atoms with Crippen LogP contribution in [0.3, 0.4) is 0 Å². The van der Waals surface area contributed by atoms with E-state index >= 15 is 0 Å². The summed E-state index contributed by atoms with van der Waals surface area (Å²) in [5.74, 6) is -2.40. The Hall–Kier alpha value is -2.64. The molecule has 1 aromatic carbocycles. The van der Waals surface area contributed by atoms with Crippen molar-refractivity contribution in [2.45, 2.75) is 6.18 Å². The van der Waals surface area contributed by atoms with Crippen molar-refractivity contribution in [3.05, 3.63) is 53.5 Å². The summed E-state index contributed by atoms with van der Waals surface area (Å²) < 4.78 is 50.2. The van der Waals surface area contributed by atoms with Gasteiger partial charge in [0.1, 0.15) is 17.2 Å². The largest absolute Gasteiger partial charge is 0.478 e. The topological polar surface area (TPSA) is 62.2 Å². The summed E-state index contributed by atoms with van der Waals surface area (Å²) in [6.45, 7) is 0. The molecule has 0 amide bonds. The van der Waals surface area contributed by atoms with Crippen molar-refractivity contribution < 1.29 is 27.5 Å². The van der Waals surface area contributed by atoms with Crippen LogP contribution >= 0.6 is 0 Å². The van der Waals surface area contributed by atoms with Gasteiger partial charge in [-0.05, 0) is 30.3 Å². The Bertz CT molecular complexity index is 669. The molecule has 0 saturated carbocycles. The Balaban J connectivity index is 2.28. The van der Waals surface area contributed by atoms with Crippen LogP contribution in [0.2, 0.25) is 0 Å². The number of nitrogens with zero attached hydrogens (tertiary/aromatic N) is 1. The van der Waals surface area contributed by atoms with E-state index in [4.69, 9.17) is 5.11 Å². The first-order chi connectivity index (χ1) is 9.77. The summed E-state index contributed by atoms with van der Waals surface area (Å²) in [7, 11) is 0. The molecule has 2 aromatic rings. The quantitative estimate of drug-likeness (QED) is 0.849. The maximum atomic E-state index is 13.0. The maximum Gasteiger partial charge on any atom is 0.416 e. The van der Waals surface area contributed by atoms with Crippen LogP contribution in [0.4, 0.5) is 29.1 Å². The number of aromatic carboxylic acids is 1. The molecule has 0 saturated heterocycles. The number of hydrogen-bond acceptors (Lipinski definition) is 3. The Kier molecular flexibility index (Phi) is 3.79. The monoisotopic (exact) mass is 300 g/mol. The lowest BCUT2D eigenvalue weighted by molar-refractivity contribution is -0.137. The summed E-state index contributed by atoms with van der Waals surface area (Å²) in [5, 5.41) is 11.5. The first-order valence-electron chi connectivity index (χ1n) is 5.60. The molecule has 110 valence electrons. The van der Waals surface area contributed by atoms with E-state index in [0.29, 0.717) is 0 Å². The van der Waals surface area contributed by atoms with Crippen molar-refractivity contribution in [3.8, 4) is 0 Å². The van der Waals surface area contributed by atoms with E-state index in [2.05, 4.69) is 10.3 Å². The first kappa shape index (κ1) is 14.8. The van der Waals surface area contributed by atoms with Gasteiger partial charge in [0.2, 0.25) is 0 Å². The summed E-state index contributed by atoms with van der Waals surface area (Å²) in [6.07, 6.45) is -3.66. The zero-order valence-electron chi connectivity index (χ0n) is 10.3. The minimum Gasteiger partial charge on any atom is -0.478 e. The lowest BCUT2D eigenvalue weighted by Crippen LogP contribution is -2.07. The standard InChI is InChI=1S/C13H8F4N2O2/c14-8-5-10(12(20)21)11(18-6-8)19-9-3-1-7(2-4-9)13(15,16)17/h1-6H,(H,18,19)(H,20,21). The van der Waals surface area contributed by atoms with Crippen LogP contribution in [0.5, 0.6) is 0 Å². The molecule has 2 N–H and O–H groups in total. The van der Waals surface area contributed by atoms with Crippen LogP contribution in [-0.4, -0.2) is 16.1 Å². The van der Waals surface area contributed by atoms with E-state index in [1.54, 1.807) is 0 Å². The molecule has 2 rings (SSSR count). The molecule has 1 aromatic heterocycles. The number of carboxylic acid groups (broad SMARTS) is 1. The average Bonchev–Trinajstić information content (AvgIpc) is 2.40. The van der Waals surface area contributed by atoms with Crippen LogP contribution in [0.1, 0.15) is 15.9 Å². The van der Waals surface area contributed by atoms with Crippen LogP contribution in [0, 0.1) is 5.82 Å². The lowest BCUT2D eigenvalue weighted by Gasteiger charge is -2.10. The van der Waals surface area contributed by atoms with Gasteiger partial charge >= 0.3 is 12.1 Å². The van der Waals surface area contributed by atoms with E-state index in [9.17, 15) is 22.4 Å². The third kappa shape index (κ3) is 3.47. The van der Waals surface area contributed by atoms with Gasteiger partial charge in [-0.1, -0.05) is 0 Å². The van der Waals surface area contributed by atoms with Crippen LogP contribution in [0.15, 0.2) is 36.5 Å². The fraction of sp³-hybridized carbons (Fsp3) is 0.0769. The van der Waals surface area contributed by atoms with Gasteiger partial charge in [-0.3, -0.25) is 0 Å². The van der Waals surface area contributed by atoms with Gasteiger partial charge in [0.25, 0.3) is 0 Å². The molecule has 4 nitrogen and oxygen atoms in total. The molecule has 0 aliphatic carbocycles. The fourth-order valence-corrected chi connectivity index (χ4v) is 1.58. The van der Waals surface area contributed by atoms with Crippen molar-refractivity contribution in [2.75, 3.05) is 5.32 Å². The van der Waals surface area contributed by atoms with Crippen LogP contribution in [0.25, 0.3) is 0 Å². The highest BCUT2D eigenvalue weighted by Gasteiger charge is 2.30. The van der Waals surface area contributed by atoms with E-state index in [1.807, 2.05) is 0 Å². The predicted molar refractivity (Wildman–Crippen MR) is 65.9 cm³/mol. The zero-order valence-corrected chi connectivity index (χ0v) is 10.3. The predicted octanol–water partition coefficient (Wildman–Crippen LogP) is 3.68. The van der Waals surface area contributed by atoms with Crippen LogP contribution in [-0.2, 0) is 6.18 Å². The van der Waals surface area contributed by atoms with Crippen molar-refractivity contribution >= 4 is 17.5 Å². The lowest BCUT2D eigenvalue weighted by atomic mass is 10.2. The average molecular weight is 300 g/mol. The number of alkyl halides is 3. The summed E-state index contributed by atoms with van der Waals surface area (Å²) in [4.78, 5) is 14.5. The number of aromatic nitrogens is 1. The number of benzene rings is 1. The maximum absolute atomic E-state index is 13.0. The molecular formula is C13H8F4N2O2. The number of pyridine rings is 1. The Morgan fingerprint density at radius 3 is 2.33 bits per heavy atom. The molecule has 21 heavy (non-hydrogen) atoms. The van der Waals surface area contributed by atoms with Crippen LogP contribution < -0.4 is 5.32 Å². The Labute approximate surface area is 116 Å². The number of hydrogen-bond donors (Lipinski definition) is 2. The molecule has 0 aliphatic rings. The highest BCUT2D eigenvalue weighted by molar-refractivity contribution is 5.93. The van der Waals surface area contributed by atoms with E-state index in [1.165, 1.54) is 0 Å². The molecule has 8 heteroatoms. The van der Waals surface area contributed by atoms with Gasteiger partial charge in [0, 0.05) is 5.69 Å². The zero-order chi connectivity index (χ0) is 15.6. The minimum absolute atomic E-state index is 0.163. The van der Waals surface area contributed by atoms with E-state index in [0.717, 1.165) is 36.5 Å². The van der Waals surface area contributed by atoms with Gasteiger partial charge in [0.15, 0.2) is 0 Å². The molecule has 0 bridgehead atoms. The second kappa shape index (κ2) is 5.39.